The van der Waals surface area contributed by atoms with Crippen molar-refractivity contribution in [2.45, 2.75) is 11.7 Å². The van der Waals surface area contributed by atoms with Crippen molar-refractivity contribution in [1.82, 2.24) is 0 Å². The van der Waals surface area contributed by atoms with Crippen LogP contribution in [0.3, 0.4) is 0 Å². The lowest BCUT2D eigenvalue weighted by molar-refractivity contribution is -0.115. The van der Waals surface area contributed by atoms with Gasteiger partial charge in [0.15, 0.2) is 17.3 Å². The van der Waals surface area contributed by atoms with Gasteiger partial charge in [-0.25, -0.2) is 0 Å². The number of benzene rings is 2. The van der Waals surface area contributed by atoms with Gasteiger partial charge < -0.3 is 14.8 Å². The van der Waals surface area contributed by atoms with Crippen molar-refractivity contribution < 1.29 is 19.1 Å². The smallest absolute Gasteiger partial charge is 0.237 e. The zero-order chi connectivity index (χ0) is 17.4. The summed E-state index contributed by atoms with van der Waals surface area (Å²) in [7, 11) is 0. The number of rotatable bonds is 2. The van der Waals surface area contributed by atoms with Crippen LogP contribution in [0.2, 0.25) is 5.02 Å². The minimum atomic E-state index is -0.360. The second kappa shape index (κ2) is 6.61. The number of thioether (sulfide) groups is 1. The lowest BCUT2D eigenvalue weighted by atomic mass is 9.99. The predicted octanol–water partition coefficient (Wildman–Crippen LogP) is 3.55. The molecule has 0 radical (unpaired) electrons. The van der Waals surface area contributed by atoms with Crippen LogP contribution in [0.25, 0.3) is 0 Å². The lowest BCUT2D eigenvalue weighted by Gasteiger charge is -2.14. The summed E-state index contributed by atoms with van der Waals surface area (Å²) in [5, 5.41) is 3.13. The normalized spacial score (nSPS) is 18.4. The number of anilines is 1. The Bertz CT molecular complexity index is 853. The monoisotopic (exact) mass is 375 g/mol. The summed E-state index contributed by atoms with van der Waals surface area (Å²) in [5.41, 5.74) is 2.10. The van der Waals surface area contributed by atoms with E-state index in [0.29, 0.717) is 34.2 Å². The summed E-state index contributed by atoms with van der Waals surface area (Å²) in [6, 6.07) is 10.5. The molecular formula is C18H14ClNO4S. The number of ether oxygens (including phenoxy) is 2. The molecule has 0 bridgehead atoms. The van der Waals surface area contributed by atoms with Crippen LogP contribution < -0.4 is 14.8 Å². The van der Waals surface area contributed by atoms with Gasteiger partial charge in [0, 0.05) is 16.3 Å². The highest BCUT2D eigenvalue weighted by Crippen LogP contribution is 2.38. The van der Waals surface area contributed by atoms with E-state index in [1.165, 1.54) is 11.8 Å². The van der Waals surface area contributed by atoms with Crippen LogP contribution in [-0.2, 0) is 11.2 Å². The van der Waals surface area contributed by atoms with Crippen LogP contribution in [0.5, 0.6) is 11.5 Å². The van der Waals surface area contributed by atoms with E-state index in [-0.39, 0.29) is 29.5 Å². The number of carbonyl (C=O) groups excluding carboxylic acids is 2. The molecule has 2 aliphatic heterocycles. The van der Waals surface area contributed by atoms with Crippen molar-refractivity contribution in [3.05, 3.63) is 52.5 Å². The van der Waals surface area contributed by atoms with Gasteiger partial charge in [-0.05, 0) is 48.4 Å². The van der Waals surface area contributed by atoms with E-state index in [1.807, 2.05) is 6.07 Å². The maximum Gasteiger partial charge on any atom is 0.237 e. The number of hydrogen-bond acceptors (Lipinski definition) is 5. The third-order valence-corrected chi connectivity index (χ3v) is 5.59. The molecule has 0 aliphatic carbocycles. The molecular weight excluding hydrogens is 362 g/mol. The Morgan fingerprint density at radius 3 is 2.64 bits per heavy atom. The van der Waals surface area contributed by atoms with Gasteiger partial charge in [-0.2, -0.15) is 0 Å². The Hall–Kier alpha value is -2.18. The second-order valence-corrected chi connectivity index (χ2v) is 7.41. The molecule has 1 N–H and O–H groups in total. The highest BCUT2D eigenvalue weighted by Gasteiger charge is 2.29. The van der Waals surface area contributed by atoms with Crippen LogP contribution in [0.15, 0.2) is 36.4 Å². The molecule has 2 aromatic rings. The lowest BCUT2D eigenvalue weighted by Crippen LogP contribution is -2.27. The van der Waals surface area contributed by atoms with Crippen molar-refractivity contribution in [2.75, 3.05) is 17.9 Å². The van der Waals surface area contributed by atoms with Crippen molar-refractivity contribution in [2.24, 2.45) is 0 Å². The van der Waals surface area contributed by atoms with Crippen LogP contribution in [0.1, 0.15) is 15.9 Å². The van der Waals surface area contributed by atoms with Gasteiger partial charge in [0.25, 0.3) is 0 Å². The molecule has 25 heavy (non-hydrogen) atoms. The van der Waals surface area contributed by atoms with E-state index >= 15 is 0 Å². The Balaban J connectivity index is 1.56. The quantitative estimate of drug-likeness (QED) is 0.869. The van der Waals surface area contributed by atoms with Crippen LogP contribution in [0, 0.1) is 0 Å². The maximum atomic E-state index is 12.6. The molecule has 2 aromatic carbocycles. The summed E-state index contributed by atoms with van der Waals surface area (Å²) in [5.74, 6) is 1.33. The molecule has 2 aliphatic rings. The van der Waals surface area contributed by atoms with Crippen LogP contribution in [-0.4, -0.2) is 29.5 Å². The molecule has 0 saturated heterocycles. The summed E-state index contributed by atoms with van der Waals surface area (Å²) in [6.07, 6.45) is 0.460. The summed E-state index contributed by atoms with van der Waals surface area (Å²) < 4.78 is 10.7. The maximum absolute atomic E-state index is 12.6. The van der Waals surface area contributed by atoms with Gasteiger partial charge >= 0.3 is 0 Å². The summed E-state index contributed by atoms with van der Waals surface area (Å²) in [6.45, 7) is 0.154. The third-order valence-electron chi connectivity index (χ3n) is 4.12. The molecule has 2 heterocycles. The first-order valence-corrected chi connectivity index (χ1v) is 9.16. The number of hydrogen-bond donors (Lipinski definition) is 1. The highest BCUT2D eigenvalue weighted by atomic mass is 35.5. The first kappa shape index (κ1) is 16.3. The van der Waals surface area contributed by atoms with Gasteiger partial charge in [-0.3, -0.25) is 9.59 Å². The molecule has 128 valence electrons. The van der Waals surface area contributed by atoms with Crippen molar-refractivity contribution in [1.29, 1.82) is 0 Å². The molecule has 0 aromatic heterocycles. The van der Waals surface area contributed by atoms with E-state index in [9.17, 15) is 9.59 Å². The molecule has 1 amide bonds. The second-order valence-electron chi connectivity index (χ2n) is 5.79. The molecule has 0 spiro atoms. The summed E-state index contributed by atoms with van der Waals surface area (Å²) >= 11 is 7.21. The SMILES string of the molecule is O=C1CSC(C(=O)Nc2ccc(Cl)cc2)Cc2cc3c(cc21)OCO3. The number of nitrogens with one attached hydrogen (secondary N) is 1. The number of carbonyl (C=O) groups is 2. The topological polar surface area (TPSA) is 64.6 Å². The van der Waals surface area contributed by atoms with E-state index < -0.39 is 0 Å². The molecule has 4 rings (SSSR count). The van der Waals surface area contributed by atoms with Gasteiger partial charge in [-0.1, -0.05) is 11.6 Å². The Morgan fingerprint density at radius 2 is 1.88 bits per heavy atom. The fraction of sp³-hybridized carbons (Fsp3) is 0.222. The van der Waals surface area contributed by atoms with E-state index in [1.54, 1.807) is 30.3 Å². The minimum absolute atomic E-state index is 0.0000860. The van der Waals surface area contributed by atoms with E-state index in [2.05, 4.69) is 5.32 Å². The average Bonchev–Trinajstić information content (AvgIpc) is 3.00. The molecule has 1 unspecified atom stereocenters. The predicted molar refractivity (Wildman–Crippen MR) is 96.9 cm³/mol. The fourth-order valence-electron chi connectivity index (χ4n) is 2.85. The van der Waals surface area contributed by atoms with Gasteiger partial charge in [0.1, 0.15) is 0 Å². The van der Waals surface area contributed by atoms with Gasteiger partial charge in [0.05, 0.1) is 11.0 Å². The fourth-order valence-corrected chi connectivity index (χ4v) is 3.99. The molecule has 0 saturated carbocycles. The third kappa shape index (κ3) is 3.32. The van der Waals surface area contributed by atoms with Crippen molar-refractivity contribution >= 4 is 40.7 Å². The molecule has 5 nitrogen and oxygen atoms in total. The van der Waals surface area contributed by atoms with E-state index in [4.69, 9.17) is 21.1 Å². The largest absolute Gasteiger partial charge is 0.454 e. The highest BCUT2D eigenvalue weighted by molar-refractivity contribution is 8.01. The number of halogens is 1. The Kier molecular flexibility index (Phi) is 4.31. The Labute approximate surface area is 153 Å². The summed E-state index contributed by atoms with van der Waals surface area (Å²) in [4.78, 5) is 25.0. The molecule has 1 atom stereocenters. The first-order chi connectivity index (χ1) is 12.1. The Morgan fingerprint density at radius 1 is 1.16 bits per heavy atom. The number of ketones is 1. The zero-order valence-electron chi connectivity index (χ0n) is 13.1. The van der Waals surface area contributed by atoms with Crippen molar-refractivity contribution in [3.8, 4) is 11.5 Å². The minimum Gasteiger partial charge on any atom is -0.454 e. The van der Waals surface area contributed by atoms with Gasteiger partial charge in [0.2, 0.25) is 12.7 Å². The number of Topliss-reactive ketones (excluding diaryl/α,β-unsaturated/α-hetero) is 1. The molecule has 0 fully saturated rings. The van der Waals surface area contributed by atoms with Gasteiger partial charge in [-0.15, -0.1) is 11.8 Å². The molecule has 7 heteroatoms. The zero-order valence-corrected chi connectivity index (χ0v) is 14.7. The number of amides is 1. The van der Waals surface area contributed by atoms with E-state index in [0.717, 1.165) is 5.56 Å². The first-order valence-electron chi connectivity index (χ1n) is 7.74. The van der Waals surface area contributed by atoms with Crippen LogP contribution >= 0.6 is 23.4 Å². The standard InChI is InChI=1S/C18H14ClNO4S/c19-11-1-3-12(4-2-11)20-18(22)17-6-10-5-15-16(24-9-23-15)7-13(10)14(21)8-25-17/h1-5,7,17H,6,8-9H2,(H,20,22). The number of fused-ring (bicyclic) bond motifs is 2. The average molecular weight is 376 g/mol. The van der Waals surface area contributed by atoms with Crippen molar-refractivity contribution in [3.63, 3.8) is 0 Å². The van der Waals surface area contributed by atoms with Crippen LogP contribution in [0.4, 0.5) is 5.69 Å².